The van der Waals surface area contributed by atoms with Gasteiger partial charge in [0.25, 0.3) is 0 Å². The molecule has 4 rings (SSSR count). The van der Waals surface area contributed by atoms with Crippen molar-refractivity contribution < 1.29 is 23.8 Å². The smallest absolute Gasteiger partial charge is 0.231 e. The van der Waals surface area contributed by atoms with Crippen LogP contribution in [-0.4, -0.2) is 32.8 Å². The Kier molecular flexibility index (Phi) is 4.51. The molecule has 2 heterocycles. The number of ether oxygens (including phenoxy) is 4. The normalized spacial score (nSPS) is 17.7. The third-order valence-corrected chi connectivity index (χ3v) is 4.64. The molecular weight excluding hydrogens is 358 g/mol. The van der Waals surface area contributed by atoms with Crippen LogP contribution in [0.15, 0.2) is 35.5 Å². The van der Waals surface area contributed by atoms with Crippen LogP contribution < -0.4 is 18.9 Å². The van der Waals surface area contributed by atoms with Crippen LogP contribution in [0.1, 0.15) is 17.5 Å². The monoisotopic (exact) mass is 375 g/mol. The average Bonchev–Trinajstić information content (AvgIpc) is 3.30. The molecule has 136 valence electrons. The summed E-state index contributed by atoms with van der Waals surface area (Å²) in [5.74, 6) is 2.38. The molecule has 1 atom stereocenters. The van der Waals surface area contributed by atoms with E-state index in [0.717, 1.165) is 16.8 Å². The lowest BCUT2D eigenvalue weighted by Crippen LogP contribution is -2.13. The van der Waals surface area contributed by atoms with E-state index < -0.39 is 0 Å². The first-order valence-corrected chi connectivity index (χ1v) is 8.59. The second-order valence-electron chi connectivity index (χ2n) is 6.02. The fraction of sp³-hybridized carbons (Fsp3) is 0.316. The molecule has 0 spiro atoms. The predicted molar refractivity (Wildman–Crippen MR) is 96.9 cm³/mol. The van der Waals surface area contributed by atoms with E-state index in [2.05, 4.69) is 5.16 Å². The summed E-state index contributed by atoms with van der Waals surface area (Å²) < 4.78 is 22.0. The first-order chi connectivity index (χ1) is 12.7. The van der Waals surface area contributed by atoms with Crippen molar-refractivity contribution in [1.29, 1.82) is 0 Å². The van der Waals surface area contributed by atoms with Crippen LogP contribution in [0.25, 0.3) is 0 Å². The summed E-state index contributed by atoms with van der Waals surface area (Å²) >= 11 is 6.06. The Morgan fingerprint density at radius 2 is 2.00 bits per heavy atom. The summed E-state index contributed by atoms with van der Waals surface area (Å²) in [6.07, 6.45) is 1.17. The zero-order valence-electron chi connectivity index (χ0n) is 14.5. The number of rotatable bonds is 5. The van der Waals surface area contributed by atoms with Gasteiger partial charge in [0.2, 0.25) is 18.3 Å². The lowest BCUT2D eigenvalue weighted by Gasteiger charge is -2.15. The first-order valence-electron chi connectivity index (χ1n) is 8.21. The minimum absolute atomic E-state index is 0.108. The Morgan fingerprint density at radius 3 is 2.77 bits per heavy atom. The number of benzene rings is 2. The van der Waals surface area contributed by atoms with Crippen LogP contribution >= 0.6 is 11.6 Å². The molecule has 2 aliphatic rings. The van der Waals surface area contributed by atoms with Crippen molar-refractivity contribution >= 4 is 17.3 Å². The largest absolute Gasteiger partial charge is 0.493 e. The minimum atomic E-state index is -0.108. The summed E-state index contributed by atoms with van der Waals surface area (Å²) in [5.41, 5.74) is 2.76. The van der Waals surface area contributed by atoms with Crippen molar-refractivity contribution in [2.24, 2.45) is 5.16 Å². The van der Waals surface area contributed by atoms with Gasteiger partial charge in [-0.1, -0.05) is 28.9 Å². The van der Waals surface area contributed by atoms with Gasteiger partial charge in [0.1, 0.15) is 6.10 Å². The molecule has 6 nitrogen and oxygen atoms in total. The van der Waals surface area contributed by atoms with Crippen LogP contribution in [0, 0.1) is 0 Å². The molecule has 0 aliphatic carbocycles. The fourth-order valence-electron chi connectivity index (χ4n) is 3.21. The molecule has 2 aliphatic heterocycles. The summed E-state index contributed by atoms with van der Waals surface area (Å²) in [6.45, 7) is 0.146. The SMILES string of the molecule is COc1cc(C[C@H]2CC(c3cccc(Cl)c3)=NO2)c(OC)c2c1OCO2. The number of fused-ring (bicyclic) bond motifs is 1. The molecule has 2 aromatic carbocycles. The first kappa shape index (κ1) is 16.8. The fourth-order valence-corrected chi connectivity index (χ4v) is 3.40. The molecule has 26 heavy (non-hydrogen) atoms. The number of nitrogens with zero attached hydrogens (tertiary/aromatic N) is 1. The Morgan fingerprint density at radius 1 is 1.15 bits per heavy atom. The van der Waals surface area contributed by atoms with Gasteiger partial charge in [-0.2, -0.15) is 0 Å². The number of hydrogen-bond donors (Lipinski definition) is 0. The van der Waals surface area contributed by atoms with Crippen LogP contribution in [0.3, 0.4) is 0 Å². The molecule has 0 unspecified atom stereocenters. The molecule has 0 saturated carbocycles. The lowest BCUT2D eigenvalue weighted by molar-refractivity contribution is 0.0853. The van der Waals surface area contributed by atoms with Crippen LogP contribution in [0.4, 0.5) is 0 Å². The minimum Gasteiger partial charge on any atom is -0.493 e. The second-order valence-corrected chi connectivity index (χ2v) is 6.46. The van der Waals surface area contributed by atoms with Crippen molar-refractivity contribution in [2.45, 2.75) is 18.9 Å². The molecule has 0 saturated heterocycles. The average molecular weight is 376 g/mol. The highest BCUT2D eigenvalue weighted by molar-refractivity contribution is 6.31. The van der Waals surface area contributed by atoms with Crippen molar-refractivity contribution in [2.75, 3.05) is 21.0 Å². The third-order valence-electron chi connectivity index (χ3n) is 4.40. The molecular formula is C19H18ClNO5. The van der Waals surface area contributed by atoms with E-state index in [-0.39, 0.29) is 12.9 Å². The van der Waals surface area contributed by atoms with Crippen molar-refractivity contribution in [1.82, 2.24) is 0 Å². The van der Waals surface area contributed by atoms with Crippen LogP contribution in [0.2, 0.25) is 5.02 Å². The molecule has 0 bridgehead atoms. The summed E-state index contributed by atoms with van der Waals surface area (Å²) in [4.78, 5) is 5.63. The maximum atomic E-state index is 6.06. The maximum absolute atomic E-state index is 6.06. The highest BCUT2D eigenvalue weighted by Gasteiger charge is 2.30. The molecule has 7 heteroatoms. The molecule has 0 radical (unpaired) electrons. The van der Waals surface area contributed by atoms with Gasteiger partial charge in [0.05, 0.1) is 19.9 Å². The predicted octanol–water partition coefficient (Wildman–Crippen LogP) is 3.82. The van der Waals surface area contributed by atoms with Crippen LogP contribution in [0.5, 0.6) is 23.0 Å². The number of methoxy groups -OCH3 is 2. The van der Waals surface area contributed by atoms with Crippen molar-refractivity contribution in [3.05, 3.63) is 46.5 Å². The number of hydrogen-bond acceptors (Lipinski definition) is 6. The lowest BCUT2D eigenvalue weighted by atomic mass is 9.99. The van der Waals surface area contributed by atoms with Gasteiger partial charge in [-0.25, -0.2) is 0 Å². The van der Waals surface area contributed by atoms with Gasteiger partial charge >= 0.3 is 0 Å². The van der Waals surface area contributed by atoms with Gasteiger partial charge < -0.3 is 23.8 Å². The summed E-state index contributed by atoms with van der Waals surface area (Å²) in [6, 6.07) is 9.49. The summed E-state index contributed by atoms with van der Waals surface area (Å²) in [7, 11) is 3.21. The van der Waals surface area contributed by atoms with Gasteiger partial charge in [-0.3, -0.25) is 0 Å². The molecule has 0 N–H and O–H groups in total. The molecule has 0 amide bonds. The van der Waals surface area contributed by atoms with Gasteiger partial charge in [0.15, 0.2) is 11.5 Å². The summed E-state index contributed by atoms with van der Waals surface area (Å²) in [5, 5.41) is 4.90. The standard InChI is InChI=1S/C19H18ClNO5/c1-22-16-8-12(17(23-2)19-18(16)24-10-25-19)7-14-9-15(21-26-14)11-4-3-5-13(20)6-11/h3-6,8,14H,7,9-10H2,1-2H3/t14-/m0/s1. The maximum Gasteiger partial charge on any atom is 0.231 e. The highest BCUT2D eigenvalue weighted by Crippen LogP contribution is 2.50. The van der Waals surface area contributed by atoms with E-state index in [9.17, 15) is 0 Å². The topological polar surface area (TPSA) is 58.5 Å². The third kappa shape index (κ3) is 3.01. The Bertz CT molecular complexity index is 867. The molecule has 0 aromatic heterocycles. The van der Waals surface area contributed by atoms with E-state index >= 15 is 0 Å². The van der Waals surface area contributed by atoms with Crippen molar-refractivity contribution in [3.8, 4) is 23.0 Å². The van der Waals surface area contributed by atoms with Gasteiger partial charge in [0, 0.05) is 29.0 Å². The quantitative estimate of drug-likeness (QED) is 0.795. The van der Waals surface area contributed by atoms with Gasteiger partial charge in [-0.05, 0) is 18.2 Å². The number of halogens is 1. The van der Waals surface area contributed by atoms with E-state index in [1.165, 1.54) is 0 Å². The Labute approximate surface area is 156 Å². The van der Waals surface area contributed by atoms with E-state index in [1.54, 1.807) is 14.2 Å². The number of oxime groups is 1. The Balaban J connectivity index is 1.55. The van der Waals surface area contributed by atoms with E-state index in [0.29, 0.717) is 40.9 Å². The van der Waals surface area contributed by atoms with E-state index in [4.69, 9.17) is 35.4 Å². The Hall–Kier alpha value is -2.60. The van der Waals surface area contributed by atoms with E-state index in [1.807, 2.05) is 30.3 Å². The van der Waals surface area contributed by atoms with Crippen molar-refractivity contribution in [3.63, 3.8) is 0 Å². The molecule has 0 fully saturated rings. The van der Waals surface area contributed by atoms with Gasteiger partial charge in [-0.15, -0.1) is 0 Å². The highest BCUT2D eigenvalue weighted by atomic mass is 35.5. The second kappa shape index (κ2) is 6.96. The van der Waals surface area contributed by atoms with Crippen LogP contribution in [-0.2, 0) is 11.3 Å². The zero-order chi connectivity index (χ0) is 18.1. The zero-order valence-corrected chi connectivity index (χ0v) is 15.2. The molecule has 2 aromatic rings.